The van der Waals surface area contributed by atoms with E-state index in [2.05, 4.69) is 27.2 Å². The van der Waals surface area contributed by atoms with Crippen LogP contribution in [0.25, 0.3) is 22.6 Å². The molecule has 0 fully saturated rings. The number of hydrogen-bond donors (Lipinski definition) is 2. The lowest BCUT2D eigenvalue weighted by atomic mass is 10.00. The van der Waals surface area contributed by atoms with Gasteiger partial charge in [-0.1, -0.05) is 18.2 Å². The molecule has 4 aromatic rings. The molecule has 0 spiro atoms. The molecule has 0 amide bonds. The van der Waals surface area contributed by atoms with Crippen LogP contribution < -0.4 is 15.9 Å². The van der Waals surface area contributed by atoms with E-state index in [1.165, 1.54) is 0 Å². The van der Waals surface area contributed by atoms with Crippen molar-refractivity contribution in [1.29, 1.82) is 0 Å². The molecular formula is C25H22FN5O4. The van der Waals surface area contributed by atoms with Crippen LogP contribution in [0.3, 0.4) is 0 Å². The lowest BCUT2D eigenvalue weighted by molar-refractivity contribution is 0.103. The number of nitrogen functional groups attached to an aromatic ring is 1. The highest BCUT2D eigenvalue weighted by molar-refractivity contribution is 6.15. The Hall–Kier alpha value is -4.60. The molecule has 0 saturated heterocycles. The predicted molar refractivity (Wildman–Crippen MR) is 129 cm³/mol. The van der Waals surface area contributed by atoms with Crippen LogP contribution in [0.1, 0.15) is 35.2 Å². The Morgan fingerprint density at radius 3 is 2.71 bits per heavy atom. The van der Waals surface area contributed by atoms with Gasteiger partial charge in [0.2, 0.25) is 17.0 Å². The molecule has 4 rings (SSSR count). The van der Waals surface area contributed by atoms with Gasteiger partial charge in [-0.25, -0.2) is 4.39 Å². The van der Waals surface area contributed by atoms with Crippen molar-refractivity contribution in [2.75, 3.05) is 12.3 Å². The van der Waals surface area contributed by atoms with Crippen molar-refractivity contribution in [2.45, 2.75) is 19.3 Å². The molecule has 3 N–H and O–H groups in total. The number of hydrogen-bond acceptors (Lipinski definition) is 8. The van der Waals surface area contributed by atoms with E-state index in [-0.39, 0.29) is 39.4 Å². The molecule has 0 aliphatic carbocycles. The number of aromatic amines is 1. The second kappa shape index (κ2) is 10.6. The van der Waals surface area contributed by atoms with Gasteiger partial charge in [-0.05, 0) is 60.9 Å². The van der Waals surface area contributed by atoms with Crippen LogP contribution in [0, 0.1) is 5.82 Å². The molecule has 0 aliphatic rings. The van der Waals surface area contributed by atoms with Gasteiger partial charge in [-0.15, -0.1) is 16.8 Å². The molecule has 0 aliphatic heterocycles. The number of carbonyl (C=O) groups is 1. The fraction of sp³-hybridized carbons (Fsp3) is 0.160. The second-order valence-corrected chi connectivity index (χ2v) is 7.59. The van der Waals surface area contributed by atoms with Crippen molar-refractivity contribution in [3.8, 4) is 17.3 Å². The van der Waals surface area contributed by atoms with E-state index in [9.17, 15) is 14.0 Å². The van der Waals surface area contributed by atoms with Gasteiger partial charge < -0.3 is 14.9 Å². The van der Waals surface area contributed by atoms with E-state index >= 15 is 0 Å². The number of ketones is 1. The zero-order valence-corrected chi connectivity index (χ0v) is 18.7. The number of nitrogens with two attached hydrogens (primary N) is 1. The van der Waals surface area contributed by atoms with Gasteiger partial charge in [0, 0.05) is 5.56 Å². The van der Waals surface area contributed by atoms with Gasteiger partial charge in [0.25, 0.3) is 0 Å². The summed E-state index contributed by atoms with van der Waals surface area (Å²) < 4.78 is 25.7. The summed E-state index contributed by atoms with van der Waals surface area (Å²) in [6.45, 7) is 4.08. The van der Waals surface area contributed by atoms with E-state index in [1.54, 1.807) is 24.3 Å². The summed E-state index contributed by atoms with van der Waals surface area (Å²) in [6.07, 6.45) is 8.80. The van der Waals surface area contributed by atoms with Crippen LogP contribution in [0.5, 0.6) is 5.75 Å². The van der Waals surface area contributed by atoms with Crippen LogP contribution in [-0.4, -0.2) is 33.0 Å². The van der Waals surface area contributed by atoms with E-state index in [0.29, 0.717) is 12.4 Å². The molecule has 2 heterocycles. The first-order valence-electron chi connectivity index (χ1n) is 10.8. The number of carbonyl (C=O) groups excluding carboxylic acids is 1. The Morgan fingerprint density at radius 1 is 1.20 bits per heavy atom. The van der Waals surface area contributed by atoms with E-state index < -0.39 is 17.0 Å². The van der Waals surface area contributed by atoms with Crippen molar-refractivity contribution < 1.29 is 18.3 Å². The number of aromatic nitrogens is 4. The number of halogens is 1. The van der Waals surface area contributed by atoms with Crippen molar-refractivity contribution in [1.82, 2.24) is 20.6 Å². The quantitative estimate of drug-likeness (QED) is 0.198. The van der Waals surface area contributed by atoms with Gasteiger partial charge in [-0.3, -0.25) is 9.59 Å². The van der Waals surface area contributed by atoms with Gasteiger partial charge in [-0.2, -0.15) is 5.21 Å². The highest BCUT2D eigenvalue weighted by Crippen LogP contribution is 2.29. The summed E-state index contributed by atoms with van der Waals surface area (Å²) in [5.41, 5.74) is 4.82. The van der Waals surface area contributed by atoms with Crippen molar-refractivity contribution in [3.63, 3.8) is 0 Å². The number of tetrazole rings is 1. The molecule has 9 nitrogen and oxygen atoms in total. The molecule has 0 atom stereocenters. The highest BCUT2D eigenvalue weighted by atomic mass is 19.1. The fourth-order valence-electron chi connectivity index (χ4n) is 3.44. The largest absolute Gasteiger partial charge is 0.490 e. The SMILES string of the molecule is C=CCCC/C=C/COc1ccc(C(=O)c2cc(F)cc3c(=O)c(N)c(-c4nn[nH]n4)oc23)cc1. The number of nitrogens with zero attached hydrogens (tertiary/aromatic N) is 3. The highest BCUT2D eigenvalue weighted by Gasteiger charge is 2.23. The van der Waals surface area contributed by atoms with Crippen LogP contribution in [0.2, 0.25) is 0 Å². The Labute approximate surface area is 199 Å². The third-order valence-corrected chi connectivity index (χ3v) is 5.19. The smallest absolute Gasteiger partial charge is 0.242 e. The maximum absolute atomic E-state index is 14.3. The van der Waals surface area contributed by atoms with E-state index in [4.69, 9.17) is 14.9 Å². The van der Waals surface area contributed by atoms with Crippen LogP contribution in [-0.2, 0) is 0 Å². The number of allylic oxidation sites excluding steroid dienone is 2. The Morgan fingerprint density at radius 2 is 2.00 bits per heavy atom. The number of fused-ring (bicyclic) bond motifs is 1. The zero-order chi connectivity index (χ0) is 24.8. The molecule has 0 unspecified atom stereocenters. The van der Waals surface area contributed by atoms with Gasteiger partial charge in [0.05, 0.1) is 10.9 Å². The molecule has 2 aromatic heterocycles. The maximum Gasteiger partial charge on any atom is 0.242 e. The Bertz CT molecular complexity index is 1440. The first-order valence-corrected chi connectivity index (χ1v) is 10.8. The number of benzene rings is 2. The Balaban J connectivity index is 1.60. The first kappa shape index (κ1) is 23.6. The number of nitrogens with one attached hydrogen (secondary N) is 1. The third-order valence-electron chi connectivity index (χ3n) is 5.19. The van der Waals surface area contributed by atoms with Crippen LogP contribution in [0.4, 0.5) is 10.1 Å². The van der Waals surface area contributed by atoms with E-state index in [1.807, 2.05) is 18.2 Å². The molecule has 10 heteroatoms. The number of ether oxygens (including phenoxy) is 1. The maximum atomic E-state index is 14.3. The number of H-pyrrole nitrogens is 1. The average molecular weight is 475 g/mol. The van der Waals surface area contributed by atoms with E-state index in [0.717, 1.165) is 31.4 Å². The summed E-state index contributed by atoms with van der Waals surface area (Å²) in [5.74, 6) is -0.992. The van der Waals surface area contributed by atoms with Gasteiger partial charge >= 0.3 is 0 Å². The number of anilines is 1. The molecule has 0 radical (unpaired) electrons. The van der Waals surface area contributed by atoms with Gasteiger partial charge in [0.15, 0.2) is 5.78 Å². The first-order chi connectivity index (χ1) is 17.0. The normalized spacial score (nSPS) is 11.2. The topological polar surface area (TPSA) is 137 Å². The fourth-order valence-corrected chi connectivity index (χ4v) is 3.44. The zero-order valence-electron chi connectivity index (χ0n) is 18.7. The summed E-state index contributed by atoms with van der Waals surface area (Å²) in [6, 6.07) is 8.36. The minimum absolute atomic E-state index is 0.0690. The summed E-state index contributed by atoms with van der Waals surface area (Å²) in [7, 11) is 0. The molecule has 178 valence electrons. The standard InChI is InChI=1S/C25H22FN5O4/c1-2-3-4-5-6-7-12-34-17-10-8-15(9-11-17)21(32)18-13-16(26)14-19-22(33)20(27)24(35-23(18)19)25-28-30-31-29-25/h2,6-11,13-14H,1,3-5,12,27H2,(H,28,29,30,31)/b7-6+. The Kier molecular flexibility index (Phi) is 7.10. The minimum Gasteiger partial charge on any atom is -0.490 e. The summed E-state index contributed by atoms with van der Waals surface area (Å²) >= 11 is 0. The van der Waals surface area contributed by atoms with Crippen LogP contribution >= 0.6 is 0 Å². The molecule has 2 aromatic carbocycles. The van der Waals surface area contributed by atoms with Crippen LogP contribution in [0.15, 0.2) is 70.4 Å². The number of rotatable bonds is 10. The third kappa shape index (κ3) is 5.16. The van der Waals surface area contributed by atoms with Crippen molar-refractivity contribution >= 4 is 22.4 Å². The lowest BCUT2D eigenvalue weighted by Gasteiger charge is -2.09. The lowest BCUT2D eigenvalue weighted by Crippen LogP contribution is -2.13. The minimum atomic E-state index is -0.778. The predicted octanol–water partition coefficient (Wildman–Crippen LogP) is 4.22. The van der Waals surface area contributed by atoms with Gasteiger partial charge in [0.1, 0.15) is 29.4 Å². The molecular weight excluding hydrogens is 453 g/mol. The van der Waals surface area contributed by atoms with Crippen molar-refractivity contribution in [2.24, 2.45) is 0 Å². The summed E-state index contributed by atoms with van der Waals surface area (Å²) in [5, 5.41) is 13.0. The molecule has 0 bridgehead atoms. The monoisotopic (exact) mass is 475 g/mol. The number of unbranched alkanes of at least 4 members (excludes halogenated alkanes) is 2. The molecule has 0 saturated carbocycles. The second-order valence-electron chi connectivity index (χ2n) is 7.59. The average Bonchev–Trinajstić information content (AvgIpc) is 3.40. The van der Waals surface area contributed by atoms with Crippen molar-refractivity contribution in [3.05, 3.63) is 88.4 Å². The summed E-state index contributed by atoms with van der Waals surface area (Å²) in [4.78, 5) is 26.0. The molecule has 35 heavy (non-hydrogen) atoms.